The van der Waals surface area contributed by atoms with Crippen molar-refractivity contribution < 1.29 is 4.39 Å². The van der Waals surface area contributed by atoms with Crippen LogP contribution in [0.5, 0.6) is 0 Å². The maximum Gasteiger partial charge on any atom is 0.191 e. The van der Waals surface area contributed by atoms with E-state index in [1.54, 1.807) is 30.5 Å². The van der Waals surface area contributed by atoms with Crippen LogP contribution in [-0.4, -0.2) is 24.5 Å². The molecular weight excluding hydrogens is 379 g/mol. The molecule has 0 saturated heterocycles. The van der Waals surface area contributed by atoms with Crippen molar-refractivity contribution >= 4 is 33.2 Å². The van der Waals surface area contributed by atoms with Gasteiger partial charge in [0.05, 0.1) is 17.2 Å². The minimum atomic E-state index is -0.186. The normalized spacial score (nSPS) is 11.6. The number of aromatic nitrogens is 1. The zero-order valence-corrected chi connectivity index (χ0v) is 15.8. The highest BCUT2D eigenvalue weighted by molar-refractivity contribution is 9.10. The minimum absolute atomic E-state index is 0.186. The fraction of sp³-hybridized carbons (Fsp3) is 0.375. The number of aryl methyl sites for hydroxylation is 2. The Balaban J connectivity index is 1.83. The Morgan fingerprint density at radius 1 is 1.35 bits per heavy atom. The fourth-order valence-corrected chi connectivity index (χ4v) is 3.46. The van der Waals surface area contributed by atoms with E-state index in [-0.39, 0.29) is 5.82 Å². The van der Waals surface area contributed by atoms with Crippen molar-refractivity contribution in [2.75, 3.05) is 13.6 Å². The molecule has 0 aliphatic carbocycles. The Morgan fingerprint density at radius 3 is 2.78 bits per heavy atom. The quantitative estimate of drug-likeness (QED) is 0.597. The first-order chi connectivity index (χ1) is 11.0. The molecule has 2 aromatic rings. The van der Waals surface area contributed by atoms with Gasteiger partial charge in [0.15, 0.2) is 5.96 Å². The highest BCUT2D eigenvalue weighted by atomic mass is 79.9. The molecule has 1 heterocycles. The van der Waals surface area contributed by atoms with E-state index in [4.69, 9.17) is 0 Å². The van der Waals surface area contributed by atoms with Gasteiger partial charge in [-0.25, -0.2) is 9.37 Å². The lowest BCUT2D eigenvalue weighted by atomic mass is 10.1. The first kappa shape index (κ1) is 17.9. The van der Waals surface area contributed by atoms with Crippen molar-refractivity contribution in [1.82, 2.24) is 15.6 Å². The number of nitrogens with one attached hydrogen (secondary N) is 2. The summed E-state index contributed by atoms with van der Waals surface area (Å²) in [6.45, 7) is 5.30. The van der Waals surface area contributed by atoms with E-state index in [9.17, 15) is 4.39 Å². The van der Waals surface area contributed by atoms with Crippen molar-refractivity contribution in [3.05, 3.63) is 49.6 Å². The number of aliphatic imine (C=N–C) groups is 1. The van der Waals surface area contributed by atoms with Crippen LogP contribution < -0.4 is 10.6 Å². The number of hydrogen-bond acceptors (Lipinski definition) is 3. The van der Waals surface area contributed by atoms with Gasteiger partial charge in [-0.3, -0.25) is 4.99 Å². The third-order valence-corrected chi connectivity index (χ3v) is 4.90. The van der Waals surface area contributed by atoms with Crippen LogP contribution in [0.15, 0.2) is 27.7 Å². The van der Waals surface area contributed by atoms with Gasteiger partial charge >= 0.3 is 0 Å². The molecule has 0 fully saturated rings. The number of nitrogens with zero attached hydrogens (tertiary/aromatic N) is 2. The molecule has 0 aliphatic heterocycles. The summed E-state index contributed by atoms with van der Waals surface area (Å²) in [6.07, 6.45) is 0.588. The second kappa shape index (κ2) is 8.40. The van der Waals surface area contributed by atoms with Crippen LogP contribution in [0.25, 0.3) is 0 Å². The zero-order chi connectivity index (χ0) is 16.8. The molecule has 23 heavy (non-hydrogen) atoms. The molecule has 0 aliphatic rings. The van der Waals surface area contributed by atoms with Gasteiger partial charge in [0.1, 0.15) is 5.82 Å². The number of halogens is 2. The number of hydrogen-bond donors (Lipinski definition) is 2. The van der Waals surface area contributed by atoms with Gasteiger partial charge in [-0.15, -0.1) is 11.3 Å². The van der Waals surface area contributed by atoms with Crippen molar-refractivity contribution in [3.63, 3.8) is 0 Å². The van der Waals surface area contributed by atoms with Gasteiger partial charge in [-0.1, -0.05) is 15.9 Å². The third-order valence-electron chi connectivity index (χ3n) is 3.33. The molecule has 0 radical (unpaired) electrons. The SMILES string of the molecule is CN=C(NCCc1cc(Br)ccc1F)NCc1sc(C)nc1C. The van der Waals surface area contributed by atoms with Crippen LogP contribution in [0.4, 0.5) is 4.39 Å². The molecule has 124 valence electrons. The highest BCUT2D eigenvalue weighted by Crippen LogP contribution is 2.17. The van der Waals surface area contributed by atoms with Crippen molar-refractivity contribution in [2.45, 2.75) is 26.8 Å². The second-order valence-corrected chi connectivity index (χ2v) is 7.28. The highest BCUT2D eigenvalue weighted by Gasteiger charge is 2.07. The molecule has 1 aromatic carbocycles. The Kier molecular flexibility index (Phi) is 6.53. The Labute approximate surface area is 148 Å². The molecule has 0 unspecified atom stereocenters. The summed E-state index contributed by atoms with van der Waals surface area (Å²) in [6, 6.07) is 4.98. The van der Waals surface area contributed by atoms with E-state index in [2.05, 4.69) is 36.5 Å². The molecule has 7 heteroatoms. The Bertz CT molecular complexity index is 699. The largest absolute Gasteiger partial charge is 0.356 e. The number of benzene rings is 1. The Hall–Kier alpha value is -1.47. The van der Waals surface area contributed by atoms with Crippen molar-refractivity contribution in [1.29, 1.82) is 0 Å². The number of thiazole rings is 1. The first-order valence-corrected chi connectivity index (χ1v) is 8.92. The van der Waals surface area contributed by atoms with Gasteiger partial charge in [0.2, 0.25) is 0 Å². The van der Waals surface area contributed by atoms with Gasteiger partial charge in [0.25, 0.3) is 0 Å². The molecule has 0 spiro atoms. The minimum Gasteiger partial charge on any atom is -0.356 e. The molecule has 0 atom stereocenters. The lowest BCUT2D eigenvalue weighted by Crippen LogP contribution is -2.37. The molecule has 2 rings (SSSR count). The predicted octanol–water partition coefficient (Wildman–Crippen LogP) is 3.57. The summed E-state index contributed by atoms with van der Waals surface area (Å²) in [7, 11) is 1.72. The van der Waals surface area contributed by atoms with Crippen LogP contribution in [-0.2, 0) is 13.0 Å². The Morgan fingerprint density at radius 2 is 2.13 bits per heavy atom. The maximum absolute atomic E-state index is 13.7. The molecular formula is C16H20BrFN4S. The van der Waals surface area contributed by atoms with Crippen LogP contribution in [0.1, 0.15) is 21.1 Å². The molecule has 0 saturated carbocycles. The van der Waals surface area contributed by atoms with Crippen LogP contribution >= 0.6 is 27.3 Å². The molecule has 1 aromatic heterocycles. The van der Waals surface area contributed by atoms with Crippen molar-refractivity contribution in [3.8, 4) is 0 Å². The molecule has 4 nitrogen and oxygen atoms in total. The fourth-order valence-electron chi connectivity index (χ4n) is 2.17. The lowest BCUT2D eigenvalue weighted by molar-refractivity contribution is 0.606. The molecule has 0 amide bonds. The predicted molar refractivity (Wildman–Crippen MR) is 97.6 cm³/mol. The van der Waals surface area contributed by atoms with Gasteiger partial charge in [-0.2, -0.15) is 0 Å². The summed E-state index contributed by atoms with van der Waals surface area (Å²) in [5, 5.41) is 7.52. The topological polar surface area (TPSA) is 49.3 Å². The molecule has 2 N–H and O–H groups in total. The summed E-state index contributed by atoms with van der Waals surface area (Å²) in [5.74, 6) is 0.513. The van der Waals surface area contributed by atoms with Gasteiger partial charge in [-0.05, 0) is 44.0 Å². The average molecular weight is 399 g/mol. The lowest BCUT2D eigenvalue weighted by Gasteiger charge is -2.12. The summed E-state index contributed by atoms with van der Waals surface area (Å²) < 4.78 is 14.6. The van der Waals surface area contributed by atoms with Gasteiger partial charge in [0, 0.05) is 22.9 Å². The standard InChI is InChI=1S/C16H20BrFN4S/c1-10-15(23-11(2)22-10)9-21-16(19-3)20-7-6-12-8-13(17)4-5-14(12)18/h4-5,8H,6-7,9H2,1-3H3,(H2,19,20,21). The number of rotatable bonds is 5. The van der Waals surface area contributed by atoms with Crippen LogP contribution in [0, 0.1) is 19.7 Å². The summed E-state index contributed by atoms with van der Waals surface area (Å²) in [5.41, 5.74) is 1.72. The van der Waals surface area contributed by atoms with E-state index < -0.39 is 0 Å². The third kappa shape index (κ3) is 5.28. The zero-order valence-electron chi connectivity index (χ0n) is 13.4. The van der Waals surface area contributed by atoms with Crippen LogP contribution in [0.2, 0.25) is 0 Å². The molecule has 0 bridgehead atoms. The number of guanidine groups is 1. The smallest absolute Gasteiger partial charge is 0.191 e. The van der Waals surface area contributed by atoms with E-state index >= 15 is 0 Å². The first-order valence-electron chi connectivity index (χ1n) is 7.31. The second-order valence-electron chi connectivity index (χ2n) is 5.08. The summed E-state index contributed by atoms with van der Waals surface area (Å²) in [4.78, 5) is 9.79. The van der Waals surface area contributed by atoms with E-state index in [1.807, 2.05) is 13.8 Å². The van der Waals surface area contributed by atoms with Crippen molar-refractivity contribution in [2.24, 2.45) is 4.99 Å². The van der Waals surface area contributed by atoms with E-state index in [0.29, 0.717) is 31.0 Å². The monoisotopic (exact) mass is 398 g/mol. The van der Waals surface area contributed by atoms with Gasteiger partial charge < -0.3 is 10.6 Å². The van der Waals surface area contributed by atoms with E-state index in [1.165, 1.54) is 10.9 Å². The average Bonchev–Trinajstić information content (AvgIpc) is 2.84. The summed E-state index contributed by atoms with van der Waals surface area (Å²) >= 11 is 5.04. The maximum atomic E-state index is 13.7. The van der Waals surface area contributed by atoms with E-state index in [0.717, 1.165) is 15.2 Å². The van der Waals surface area contributed by atoms with Crippen LogP contribution in [0.3, 0.4) is 0 Å².